The molecule has 0 spiro atoms. The fourth-order valence-corrected chi connectivity index (χ4v) is 2.18. The van der Waals surface area contributed by atoms with Crippen LogP contribution in [0, 0.1) is 0 Å². The molecule has 1 aromatic carbocycles. The van der Waals surface area contributed by atoms with Gasteiger partial charge in [-0.25, -0.2) is 0 Å². The van der Waals surface area contributed by atoms with Gasteiger partial charge in [0.15, 0.2) is 11.5 Å². The van der Waals surface area contributed by atoms with E-state index in [9.17, 15) is 9.90 Å². The van der Waals surface area contributed by atoms with Crippen LogP contribution in [-0.4, -0.2) is 24.3 Å². The van der Waals surface area contributed by atoms with Crippen LogP contribution in [0.5, 0.6) is 11.5 Å². The van der Waals surface area contributed by atoms with Crippen molar-refractivity contribution in [2.45, 2.75) is 37.2 Å². The van der Waals surface area contributed by atoms with Crippen LogP contribution in [0.25, 0.3) is 0 Å². The van der Waals surface area contributed by atoms with Crippen molar-refractivity contribution in [2.75, 3.05) is 7.11 Å². The molecule has 18 heavy (non-hydrogen) atoms. The summed E-state index contributed by atoms with van der Waals surface area (Å²) in [6.45, 7) is 0. The highest BCUT2D eigenvalue weighted by Gasteiger charge is 2.52. The number of carbonyl (C=O) groups is 1. The zero-order chi connectivity index (χ0) is 12.8. The van der Waals surface area contributed by atoms with Gasteiger partial charge in [-0.1, -0.05) is 6.07 Å². The monoisotopic (exact) mass is 248 g/mol. The first-order chi connectivity index (χ1) is 8.65. The Morgan fingerprint density at radius 1 is 1.33 bits per heavy atom. The van der Waals surface area contributed by atoms with Gasteiger partial charge in [0.1, 0.15) is 0 Å². The third-order valence-corrected chi connectivity index (χ3v) is 3.69. The number of methoxy groups -OCH3 is 1. The SMILES string of the molecule is COc1cc(C2(C(=O)O)CC2)ccc1OC1CC1. The first-order valence-corrected chi connectivity index (χ1v) is 6.24. The highest BCUT2D eigenvalue weighted by molar-refractivity contribution is 5.85. The lowest BCUT2D eigenvalue weighted by molar-refractivity contribution is -0.140. The van der Waals surface area contributed by atoms with Crippen molar-refractivity contribution in [3.63, 3.8) is 0 Å². The van der Waals surface area contributed by atoms with Gasteiger partial charge in [-0.05, 0) is 43.4 Å². The molecule has 0 heterocycles. The molecule has 96 valence electrons. The topological polar surface area (TPSA) is 55.8 Å². The minimum absolute atomic E-state index is 0.305. The molecule has 3 rings (SSSR count). The molecule has 0 saturated heterocycles. The lowest BCUT2D eigenvalue weighted by Gasteiger charge is -2.15. The fourth-order valence-electron chi connectivity index (χ4n) is 2.18. The Hall–Kier alpha value is -1.71. The van der Waals surface area contributed by atoms with Gasteiger partial charge in [-0.15, -0.1) is 0 Å². The predicted octanol–water partition coefficient (Wildman–Crippen LogP) is 2.35. The van der Waals surface area contributed by atoms with E-state index in [-0.39, 0.29) is 0 Å². The molecular formula is C14H16O4. The van der Waals surface area contributed by atoms with Gasteiger partial charge in [0.2, 0.25) is 0 Å². The number of hydrogen-bond acceptors (Lipinski definition) is 3. The van der Waals surface area contributed by atoms with Gasteiger partial charge in [-0.2, -0.15) is 0 Å². The lowest BCUT2D eigenvalue weighted by Crippen LogP contribution is -2.19. The molecule has 0 atom stereocenters. The summed E-state index contributed by atoms with van der Waals surface area (Å²) >= 11 is 0. The molecule has 1 aromatic rings. The second-order valence-electron chi connectivity index (χ2n) is 5.07. The molecular weight excluding hydrogens is 232 g/mol. The number of hydrogen-bond donors (Lipinski definition) is 1. The summed E-state index contributed by atoms with van der Waals surface area (Å²) < 4.78 is 11.0. The second kappa shape index (κ2) is 3.90. The Morgan fingerprint density at radius 3 is 2.56 bits per heavy atom. The van der Waals surface area contributed by atoms with Crippen LogP contribution >= 0.6 is 0 Å². The van der Waals surface area contributed by atoms with Gasteiger partial charge in [0.25, 0.3) is 0 Å². The molecule has 2 fully saturated rings. The number of carboxylic acids is 1. The number of aliphatic carboxylic acids is 1. The first kappa shape index (κ1) is 11.4. The van der Waals surface area contributed by atoms with Crippen molar-refractivity contribution >= 4 is 5.97 Å². The van der Waals surface area contributed by atoms with Gasteiger partial charge in [-0.3, -0.25) is 4.79 Å². The summed E-state index contributed by atoms with van der Waals surface area (Å²) in [4.78, 5) is 11.3. The van der Waals surface area contributed by atoms with Crippen molar-refractivity contribution in [3.8, 4) is 11.5 Å². The minimum atomic E-state index is -0.750. The maximum Gasteiger partial charge on any atom is 0.314 e. The molecule has 2 saturated carbocycles. The zero-order valence-electron chi connectivity index (χ0n) is 10.3. The number of carboxylic acid groups (broad SMARTS) is 1. The molecule has 0 aliphatic heterocycles. The molecule has 2 aliphatic rings. The Morgan fingerprint density at radius 2 is 2.06 bits per heavy atom. The number of ether oxygens (including phenoxy) is 2. The highest BCUT2D eigenvalue weighted by Crippen LogP contribution is 2.50. The van der Waals surface area contributed by atoms with Crippen molar-refractivity contribution in [1.29, 1.82) is 0 Å². The summed E-state index contributed by atoms with van der Waals surface area (Å²) in [6, 6.07) is 5.48. The summed E-state index contributed by atoms with van der Waals surface area (Å²) in [5.41, 5.74) is 0.126. The molecule has 0 unspecified atom stereocenters. The van der Waals surface area contributed by atoms with Crippen LogP contribution in [-0.2, 0) is 10.2 Å². The number of rotatable bonds is 5. The fraction of sp³-hybridized carbons (Fsp3) is 0.500. The van der Waals surface area contributed by atoms with E-state index in [2.05, 4.69) is 0 Å². The molecule has 0 radical (unpaired) electrons. The second-order valence-corrected chi connectivity index (χ2v) is 5.07. The minimum Gasteiger partial charge on any atom is -0.493 e. The van der Waals surface area contributed by atoms with E-state index in [1.165, 1.54) is 0 Å². The molecule has 0 amide bonds. The van der Waals surface area contributed by atoms with Crippen molar-refractivity contribution in [3.05, 3.63) is 23.8 Å². The van der Waals surface area contributed by atoms with Crippen molar-refractivity contribution < 1.29 is 19.4 Å². The molecule has 4 heteroatoms. The largest absolute Gasteiger partial charge is 0.493 e. The normalized spacial score (nSPS) is 20.3. The lowest BCUT2D eigenvalue weighted by atomic mass is 9.96. The van der Waals surface area contributed by atoms with Crippen LogP contribution in [0.15, 0.2) is 18.2 Å². The highest BCUT2D eigenvalue weighted by atomic mass is 16.5. The Balaban J connectivity index is 1.90. The Labute approximate surface area is 106 Å². The quantitative estimate of drug-likeness (QED) is 0.869. The average molecular weight is 248 g/mol. The van der Waals surface area contributed by atoms with E-state index in [0.717, 1.165) is 18.4 Å². The van der Waals surface area contributed by atoms with E-state index >= 15 is 0 Å². The summed E-state index contributed by atoms with van der Waals surface area (Å²) in [6.07, 6.45) is 3.88. The van der Waals surface area contributed by atoms with Crippen LogP contribution in [0.2, 0.25) is 0 Å². The van der Waals surface area contributed by atoms with E-state index in [1.54, 1.807) is 13.2 Å². The molecule has 1 N–H and O–H groups in total. The van der Waals surface area contributed by atoms with E-state index in [4.69, 9.17) is 9.47 Å². The maximum atomic E-state index is 11.3. The van der Waals surface area contributed by atoms with Gasteiger partial charge in [0, 0.05) is 0 Å². The predicted molar refractivity (Wildman–Crippen MR) is 65.2 cm³/mol. The van der Waals surface area contributed by atoms with E-state index in [1.807, 2.05) is 12.1 Å². The summed E-state index contributed by atoms with van der Waals surface area (Å²) in [5.74, 6) is 0.595. The van der Waals surface area contributed by atoms with Crippen LogP contribution in [0.3, 0.4) is 0 Å². The third kappa shape index (κ3) is 1.82. The Bertz CT molecular complexity index is 487. The van der Waals surface area contributed by atoms with Crippen molar-refractivity contribution in [1.82, 2.24) is 0 Å². The van der Waals surface area contributed by atoms with Crippen LogP contribution < -0.4 is 9.47 Å². The van der Waals surface area contributed by atoms with Gasteiger partial charge < -0.3 is 14.6 Å². The number of benzene rings is 1. The van der Waals surface area contributed by atoms with Crippen LogP contribution in [0.4, 0.5) is 0 Å². The average Bonchev–Trinajstić information content (AvgIpc) is 3.23. The van der Waals surface area contributed by atoms with Gasteiger partial charge >= 0.3 is 5.97 Å². The zero-order valence-corrected chi connectivity index (χ0v) is 10.3. The van der Waals surface area contributed by atoms with Crippen LogP contribution in [0.1, 0.15) is 31.2 Å². The molecule has 2 aliphatic carbocycles. The van der Waals surface area contributed by atoms with E-state index in [0.29, 0.717) is 30.4 Å². The summed E-state index contributed by atoms with van der Waals surface area (Å²) in [5, 5.41) is 9.27. The standard InChI is InChI=1S/C14H16O4/c1-17-12-8-9(14(6-7-14)13(15)16)2-5-11(12)18-10-3-4-10/h2,5,8,10H,3-4,6-7H2,1H3,(H,15,16). The Kier molecular flexibility index (Phi) is 2.47. The molecule has 0 aromatic heterocycles. The molecule has 4 nitrogen and oxygen atoms in total. The first-order valence-electron chi connectivity index (χ1n) is 6.24. The maximum absolute atomic E-state index is 11.3. The van der Waals surface area contributed by atoms with E-state index < -0.39 is 11.4 Å². The third-order valence-electron chi connectivity index (χ3n) is 3.69. The summed E-state index contributed by atoms with van der Waals surface area (Å²) in [7, 11) is 1.58. The molecule has 0 bridgehead atoms. The smallest absolute Gasteiger partial charge is 0.314 e. The van der Waals surface area contributed by atoms with Crippen molar-refractivity contribution in [2.24, 2.45) is 0 Å². The van der Waals surface area contributed by atoms with Gasteiger partial charge in [0.05, 0.1) is 18.6 Å².